The Balaban J connectivity index is 2.22. The monoisotopic (exact) mass is 326 g/mol. The van der Waals surface area contributed by atoms with Crippen LogP contribution in [0.4, 0.5) is 8.78 Å². The van der Waals surface area contributed by atoms with E-state index in [1.807, 2.05) is 26.0 Å². The molecular formula is C21H20F2O. The third-order valence-electron chi connectivity index (χ3n) is 4.31. The number of benzene rings is 2. The zero-order valence-electron chi connectivity index (χ0n) is 14.0. The lowest BCUT2D eigenvalue weighted by Gasteiger charge is -2.24. The number of rotatable bonds is 1. The lowest BCUT2D eigenvalue weighted by atomic mass is 9.96. The van der Waals surface area contributed by atoms with Crippen LogP contribution in [-0.2, 0) is 4.74 Å². The van der Waals surface area contributed by atoms with E-state index in [2.05, 4.69) is 13.2 Å². The summed E-state index contributed by atoms with van der Waals surface area (Å²) >= 11 is 0. The highest BCUT2D eigenvalue weighted by Crippen LogP contribution is 2.27. The zero-order chi connectivity index (χ0) is 17.4. The highest BCUT2D eigenvalue weighted by Gasteiger charge is 2.22. The van der Waals surface area contributed by atoms with E-state index in [1.54, 1.807) is 18.2 Å². The van der Waals surface area contributed by atoms with Gasteiger partial charge in [0, 0.05) is 5.56 Å². The topological polar surface area (TPSA) is 9.23 Å². The highest BCUT2D eigenvalue weighted by atomic mass is 19.2. The van der Waals surface area contributed by atoms with Gasteiger partial charge >= 0.3 is 0 Å². The minimum Gasteiger partial charge on any atom is -0.492 e. The SMILES string of the molecule is C=C1CC(C)CO/C1=c1\c(F)c(F)c(-c2ccc(C)cc2)cc1=C. The Morgan fingerprint density at radius 1 is 1.08 bits per heavy atom. The van der Waals surface area contributed by atoms with E-state index in [-0.39, 0.29) is 10.8 Å². The fourth-order valence-electron chi connectivity index (χ4n) is 3.02. The first kappa shape index (κ1) is 16.4. The summed E-state index contributed by atoms with van der Waals surface area (Å²) in [6.07, 6.45) is 0.704. The van der Waals surface area contributed by atoms with Gasteiger partial charge < -0.3 is 4.74 Å². The van der Waals surface area contributed by atoms with Gasteiger partial charge in [0.1, 0.15) is 5.76 Å². The molecule has 1 aliphatic rings. The van der Waals surface area contributed by atoms with Crippen LogP contribution in [0.3, 0.4) is 0 Å². The van der Waals surface area contributed by atoms with E-state index in [4.69, 9.17) is 4.74 Å². The summed E-state index contributed by atoms with van der Waals surface area (Å²) in [6, 6.07) is 8.85. The maximum absolute atomic E-state index is 14.8. The first-order valence-corrected chi connectivity index (χ1v) is 7.97. The van der Waals surface area contributed by atoms with Crippen molar-refractivity contribution in [2.24, 2.45) is 5.92 Å². The molecule has 0 bridgehead atoms. The molecule has 1 fully saturated rings. The molecule has 0 aliphatic carbocycles. The fourth-order valence-corrected chi connectivity index (χ4v) is 3.02. The molecule has 0 radical (unpaired) electrons. The number of ether oxygens (including phenoxy) is 1. The summed E-state index contributed by atoms with van der Waals surface area (Å²) in [6.45, 7) is 12.3. The molecule has 0 spiro atoms. The van der Waals surface area contributed by atoms with Crippen molar-refractivity contribution < 1.29 is 13.5 Å². The molecule has 124 valence electrons. The fraction of sp³-hybridized carbons (Fsp3) is 0.238. The largest absolute Gasteiger partial charge is 0.492 e. The molecule has 1 aliphatic heterocycles. The van der Waals surface area contributed by atoms with Crippen molar-refractivity contribution in [2.45, 2.75) is 20.3 Å². The first-order chi connectivity index (χ1) is 11.4. The molecular weight excluding hydrogens is 306 g/mol. The summed E-state index contributed by atoms with van der Waals surface area (Å²) in [4.78, 5) is 0. The summed E-state index contributed by atoms with van der Waals surface area (Å²) in [7, 11) is 0. The smallest absolute Gasteiger partial charge is 0.170 e. The molecule has 1 nitrogen and oxygen atoms in total. The van der Waals surface area contributed by atoms with Crippen LogP contribution in [0.5, 0.6) is 0 Å². The second-order valence-corrected chi connectivity index (χ2v) is 6.51. The molecule has 3 rings (SSSR count). The molecule has 1 heterocycles. The number of halogens is 2. The molecule has 0 aromatic heterocycles. The maximum Gasteiger partial charge on any atom is 0.170 e. The summed E-state index contributed by atoms with van der Waals surface area (Å²) in [5.74, 6) is -1.17. The Morgan fingerprint density at radius 3 is 2.38 bits per heavy atom. The van der Waals surface area contributed by atoms with Crippen molar-refractivity contribution in [1.29, 1.82) is 0 Å². The van der Waals surface area contributed by atoms with Gasteiger partial charge in [-0.15, -0.1) is 0 Å². The molecule has 1 saturated heterocycles. The normalized spacial score (nSPS) is 20.0. The van der Waals surface area contributed by atoms with E-state index < -0.39 is 11.6 Å². The summed E-state index contributed by atoms with van der Waals surface area (Å²) < 4.78 is 35.1. The lowest BCUT2D eigenvalue weighted by Crippen LogP contribution is -2.34. The molecule has 0 saturated carbocycles. The Bertz CT molecular complexity index is 910. The van der Waals surface area contributed by atoms with Crippen molar-refractivity contribution in [3.63, 3.8) is 0 Å². The van der Waals surface area contributed by atoms with Gasteiger partial charge in [-0.25, -0.2) is 8.78 Å². The summed E-state index contributed by atoms with van der Waals surface area (Å²) in [5.41, 5.74) is 2.56. The van der Waals surface area contributed by atoms with Crippen molar-refractivity contribution in [3.8, 4) is 11.1 Å². The van der Waals surface area contributed by atoms with Gasteiger partial charge in [-0.2, -0.15) is 0 Å². The molecule has 1 atom stereocenters. The summed E-state index contributed by atoms with van der Waals surface area (Å²) in [5, 5.41) is 0.482. The van der Waals surface area contributed by atoms with Crippen molar-refractivity contribution in [2.75, 3.05) is 6.61 Å². The Hall–Kier alpha value is -2.42. The minimum atomic E-state index is -0.927. The van der Waals surface area contributed by atoms with Crippen molar-refractivity contribution in [1.82, 2.24) is 0 Å². The average molecular weight is 326 g/mol. The van der Waals surface area contributed by atoms with Crippen LogP contribution in [0.15, 0.2) is 42.5 Å². The standard InChI is InChI=1S/C21H20F2O/c1-12-5-7-16(8-6-12)17-10-14(3)18(20(23)19(17)22)21-15(4)9-13(2)11-24-21/h5-8,10,13H,3-4,9,11H2,1-2H3/b21-18-. The predicted molar refractivity (Wildman–Crippen MR) is 93.6 cm³/mol. The third-order valence-corrected chi connectivity index (χ3v) is 4.31. The van der Waals surface area contributed by atoms with Crippen LogP contribution in [0, 0.1) is 24.5 Å². The second-order valence-electron chi connectivity index (χ2n) is 6.51. The molecule has 2 aromatic rings. The van der Waals surface area contributed by atoms with Crippen LogP contribution < -0.4 is 10.4 Å². The van der Waals surface area contributed by atoms with Gasteiger partial charge in [0.2, 0.25) is 0 Å². The van der Waals surface area contributed by atoms with E-state index in [1.165, 1.54) is 0 Å². The van der Waals surface area contributed by atoms with E-state index in [9.17, 15) is 8.78 Å². The molecule has 3 heteroatoms. The van der Waals surface area contributed by atoms with E-state index in [0.717, 1.165) is 5.56 Å². The Morgan fingerprint density at radius 2 is 1.75 bits per heavy atom. The number of hydrogen-bond donors (Lipinski definition) is 0. The van der Waals surface area contributed by atoms with Gasteiger partial charge in [0.15, 0.2) is 11.6 Å². The van der Waals surface area contributed by atoms with Gasteiger partial charge in [0.05, 0.1) is 11.8 Å². The van der Waals surface area contributed by atoms with Gasteiger partial charge in [-0.05, 0) is 41.7 Å². The number of aryl methyl sites for hydroxylation is 1. The Kier molecular flexibility index (Phi) is 4.27. The van der Waals surface area contributed by atoms with Crippen molar-refractivity contribution >= 4 is 12.3 Å². The van der Waals surface area contributed by atoms with Gasteiger partial charge in [-0.3, -0.25) is 0 Å². The van der Waals surface area contributed by atoms with Gasteiger partial charge in [-0.1, -0.05) is 49.9 Å². The quantitative estimate of drug-likeness (QED) is 0.767. The van der Waals surface area contributed by atoms with Crippen molar-refractivity contribution in [3.05, 3.63) is 70.1 Å². The second kappa shape index (κ2) is 6.23. The average Bonchev–Trinajstić information content (AvgIpc) is 2.54. The van der Waals surface area contributed by atoms with Crippen LogP contribution in [0.2, 0.25) is 0 Å². The zero-order valence-corrected chi connectivity index (χ0v) is 14.0. The lowest BCUT2D eigenvalue weighted by molar-refractivity contribution is 0.199. The predicted octanol–water partition coefficient (Wildman–Crippen LogP) is 4.07. The molecule has 24 heavy (non-hydrogen) atoms. The van der Waals surface area contributed by atoms with Crippen LogP contribution in [0.1, 0.15) is 18.9 Å². The third kappa shape index (κ3) is 2.86. The minimum absolute atomic E-state index is 0.0836. The van der Waals surface area contributed by atoms with E-state index in [0.29, 0.717) is 41.1 Å². The van der Waals surface area contributed by atoms with Gasteiger partial charge in [0.25, 0.3) is 0 Å². The number of hydrogen-bond acceptors (Lipinski definition) is 1. The molecule has 2 aromatic carbocycles. The Labute approximate surface area is 140 Å². The van der Waals surface area contributed by atoms with Crippen LogP contribution in [0.25, 0.3) is 23.5 Å². The highest BCUT2D eigenvalue weighted by molar-refractivity contribution is 5.67. The molecule has 1 unspecified atom stereocenters. The first-order valence-electron chi connectivity index (χ1n) is 7.97. The van der Waals surface area contributed by atoms with Crippen LogP contribution in [-0.4, -0.2) is 6.61 Å². The molecule has 0 amide bonds. The maximum atomic E-state index is 14.8. The van der Waals surface area contributed by atoms with Crippen LogP contribution >= 0.6 is 0 Å². The molecule has 0 N–H and O–H groups in total. The van der Waals surface area contributed by atoms with E-state index >= 15 is 0 Å².